The Balaban J connectivity index is 2.38. The maximum atomic E-state index is 12.2. The summed E-state index contributed by atoms with van der Waals surface area (Å²) in [5, 5.41) is 0. The highest BCUT2D eigenvalue weighted by Gasteiger charge is 2.30. The van der Waals surface area contributed by atoms with E-state index in [0.29, 0.717) is 29.4 Å². The molecule has 1 aliphatic rings. The fourth-order valence-electron chi connectivity index (χ4n) is 1.98. The van der Waals surface area contributed by atoms with E-state index in [1.54, 1.807) is 6.07 Å². The van der Waals surface area contributed by atoms with E-state index in [2.05, 4.69) is 6.58 Å². The van der Waals surface area contributed by atoms with Gasteiger partial charge in [-0.15, -0.1) is 0 Å². The van der Waals surface area contributed by atoms with Gasteiger partial charge in [0.05, 0.1) is 5.56 Å². The summed E-state index contributed by atoms with van der Waals surface area (Å²) in [5.41, 5.74) is 3.33. The minimum atomic E-state index is -0.0426. The van der Waals surface area contributed by atoms with Crippen LogP contribution in [0.25, 0.3) is 0 Å². The highest BCUT2D eigenvalue weighted by Crippen LogP contribution is 2.37. The van der Waals surface area contributed by atoms with E-state index in [-0.39, 0.29) is 5.78 Å². The zero-order chi connectivity index (χ0) is 14.2. The predicted octanol–water partition coefficient (Wildman–Crippen LogP) is 3.82. The summed E-state index contributed by atoms with van der Waals surface area (Å²) < 4.78 is 11.2. The van der Waals surface area contributed by atoms with E-state index >= 15 is 0 Å². The molecular formula is C16H18O3. The molecule has 1 aromatic carbocycles. The van der Waals surface area contributed by atoms with Crippen LogP contribution >= 0.6 is 0 Å². The van der Waals surface area contributed by atoms with Gasteiger partial charge in [0.25, 0.3) is 0 Å². The third-order valence-corrected chi connectivity index (χ3v) is 2.86. The van der Waals surface area contributed by atoms with E-state index in [1.807, 2.05) is 33.8 Å². The van der Waals surface area contributed by atoms with Gasteiger partial charge in [-0.3, -0.25) is 4.79 Å². The van der Waals surface area contributed by atoms with E-state index in [0.717, 1.165) is 16.7 Å². The summed E-state index contributed by atoms with van der Waals surface area (Å²) in [6.07, 6.45) is 0. The second-order valence-electron chi connectivity index (χ2n) is 5.12. The third kappa shape index (κ3) is 2.55. The van der Waals surface area contributed by atoms with E-state index in [4.69, 9.17) is 9.47 Å². The lowest BCUT2D eigenvalue weighted by molar-refractivity contribution is 0.101. The quantitative estimate of drug-likeness (QED) is 0.610. The number of allylic oxidation sites excluding steroid dienone is 2. The largest absolute Gasteiger partial charge is 0.489 e. The molecule has 0 spiro atoms. The lowest BCUT2D eigenvalue weighted by Gasteiger charge is -2.08. The van der Waals surface area contributed by atoms with Crippen LogP contribution in [0.4, 0.5) is 0 Å². The van der Waals surface area contributed by atoms with Gasteiger partial charge in [0.1, 0.15) is 18.1 Å². The fraction of sp³-hybridized carbons (Fsp3) is 0.312. The number of aryl methyl sites for hydroxylation is 1. The van der Waals surface area contributed by atoms with Crippen molar-refractivity contribution in [2.45, 2.75) is 27.7 Å². The molecule has 0 atom stereocenters. The molecule has 0 radical (unpaired) electrons. The molecule has 0 aromatic heterocycles. The van der Waals surface area contributed by atoms with Gasteiger partial charge in [0.2, 0.25) is 5.78 Å². The number of benzene rings is 1. The molecule has 1 aliphatic heterocycles. The lowest BCUT2D eigenvalue weighted by Crippen LogP contribution is -2.02. The molecule has 100 valence electrons. The van der Waals surface area contributed by atoms with Crippen LogP contribution in [0.3, 0.4) is 0 Å². The number of ketones is 1. The number of hydrogen-bond acceptors (Lipinski definition) is 3. The van der Waals surface area contributed by atoms with Gasteiger partial charge < -0.3 is 9.47 Å². The van der Waals surface area contributed by atoms with Gasteiger partial charge in [-0.1, -0.05) is 6.58 Å². The normalized spacial score (nSPS) is 13.1. The Labute approximate surface area is 113 Å². The predicted molar refractivity (Wildman–Crippen MR) is 74.8 cm³/mol. The Hall–Kier alpha value is -2.03. The number of carbonyl (C=O) groups excluding carboxylic acids is 1. The number of ether oxygens (including phenoxy) is 2. The highest BCUT2D eigenvalue weighted by atomic mass is 16.5. The molecule has 0 saturated carbocycles. The van der Waals surface area contributed by atoms with Crippen LogP contribution in [0.2, 0.25) is 0 Å². The number of Topliss-reactive ketones (excluding diaryl/α,β-unsaturated/α-hetero) is 1. The van der Waals surface area contributed by atoms with Crippen LogP contribution in [-0.2, 0) is 0 Å². The molecule has 3 heteroatoms. The fourth-order valence-corrected chi connectivity index (χ4v) is 1.98. The van der Waals surface area contributed by atoms with Gasteiger partial charge >= 0.3 is 0 Å². The standard InChI is InChI=1S/C16H18O3/c1-9(2)8-18-12-6-11(5)14-13(7-12)19-16(10(3)4)15(14)17/h6-7H,1,8H2,2-5H3. The van der Waals surface area contributed by atoms with Crippen molar-refractivity contribution in [2.24, 2.45) is 0 Å². The van der Waals surface area contributed by atoms with Crippen molar-refractivity contribution in [3.05, 3.63) is 46.7 Å². The Morgan fingerprint density at radius 3 is 2.58 bits per heavy atom. The average molecular weight is 258 g/mol. The van der Waals surface area contributed by atoms with Crippen LogP contribution in [0.1, 0.15) is 36.7 Å². The maximum absolute atomic E-state index is 12.2. The molecule has 0 bridgehead atoms. The molecule has 0 unspecified atom stereocenters. The SMILES string of the molecule is C=C(C)COc1cc(C)c2c(c1)OC(=C(C)C)C2=O. The first-order valence-electron chi connectivity index (χ1n) is 6.22. The molecule has 19 heavy (non-hydrogen) atoms. The van der Waals surface area contributed by atoms with Gasteiger partial charge in [-0.05, 0) is 50.5 Å². The summed E-state index contributed by atoms with van der Waals surface area (Å²) in [6.45, 7) is 11.8. The molecule has 2 rings (SSSR count). The zero-order valence-electron chi connectivity index (χ0n) is 11.8. The molecule has 0 amide bonds. The summed E-state index contributed by atoms with van der Waals surface area (Å²) in [4.78, 5) is 12.2. The molecule has 1 heterocycles. The minimum absolute atomic E-state index is 0.0426. The van der Waals surface area contributed by atoms with Gasteiger partial charge in [-0.25, -0.2) is 0 Å². The molecule has 0 saturated heterocycles. The van der Waals surface area contributed by atoms with Crippen LogP contribution in [-0.4, -0.2) is 12.4 Å². The van der Waals surface area contributed by atoms with Crippen molar-refractivity contribution in [1.29, 1.82) is 0 Å². The average Bonchev–Trinajstić information content (AvgIpc) is 2.64. The molecule has 3 nitrogen and oxygen atoms in total. The first-order valence-corrected chi connectivity index (χ1v) is 6.22. The maximum Gasteiger partial charge on any atom is 0.232 e. The third-order valence-electron chi connectivity index (χ3n) is 2.86. The van der Waals surface area contributed by atoms with Crippen molar-refractivity contribution >= 4 is 5.78 Å². The van der Waals surface area contributed by atoms with E-state index in [9.17, 15) is 4.79 Å². The molecular weight excluding hydrogens is 240 g/mol. The second kappa shape index (κ2) is 4.92. The Bertz CT molecular complexity index is 590. The van der Waals surface area contributed by atoms with E-state index < -0.39 is 0 Å². The first-order chi connectivity index (χ1) is 8.90. The molecule has 0 aliphatic carbocycles. The van der Waals surface area contributed by atoms with Crippen LogP contribution in [0.5, 0.6) is 11.5 Å². The van der Waals surface area contributed by atoms with Crippen molar-refractivity contribution in [2.75, 3.05) is 6.61 Å². The number of carbonyl (C=O) groups is 1. The number of rotatable bonds is 3. The van der Waals surface area contributed by atoms with Crippen LogP contribution in [0, 0.1) is 6.92 Å². The second-order valence-corrected chi connectivity index (χ2v) is 5.12. The Morgan fingerprint density at radius 1 is 1.32 bits per heavy atom. The highest BCUT2D eigenvalue weighted by molar-refractivity contribution is 6.13. The lowest BCUT2D eigenvalue weighted by atomic mass is 10.0. The Kier molecular flexibility index (Phi) is 3.47. The van der Waals surface area contributed by atoms with Crippen molar-refractivity contribution in [3.63, 3.8) is 0 Å². The minimum Gasteiger partial charge on any atom is -0.489 e. The van der Waals surface area contributed by atoms with Crippen molar-refractivity contribution in [3.8, 4) is 11.5 Å². The van der Waals surface area contributed by atoms with Crippen molar-refractivity contribution < 1.29 is 14.3 Å². The van der Waals surface area contributed by atoms with Gasteiger partial charge in [-0.2, -0.15) is 0 Å². The summed E-state index contributed by atoms with van der Waals surface area (Å²) in [7, 11) is 0. The smallest absolute Gasteiger partial charge is 0.232 e. The van der Waals surface area contributed by atoms with Crippen LogP contribution < -0.4 is 9.47 Å². The summed E-state index contributed by atoms with van der Waals surface area (Å²) in [5.74, 6) is 1.66. The van der Waals surface area contributed by atoms with Gasteiger partial charge in [0.15, 0.2) is 5.76 Å². The van der Waals surface area contributed by atoms with Crippen molar-refractivity contribution in [1.82, 2.24) is 0 Å². The number of fused-ring (bicyclic) bond motifs is 1. The molecule has 1 aromatic rings. The zero-order valence-corrected chi connectivity index (χ0v) is 11.8. The Morgan fingerprint density at radius 2 is 2.00 bits per heavy atom. The van der Waals surface area contributed by atoms with Crippen LogP contribution in [0.15, 0.2) is 35.6 Å². The topological polar surface area (TPSA) is 35.5 Å². The first kappa shape index (κ1) is 13.4. The molecule has 0 N–H and O–H groups in total. The summed E-state index contributed by atoms with van der Waals surface area (Å²) in [6, 6.07) is 3.62. The number of hydrogen-bond donors (Lipinski definition) is 0. The molecule has 0 fully saturated rings. The monoisotopic (exact) mass is 258 g/mol. The van der Waals surface area contributed by atoms with Gasteiger partial charge in [0, 0.05) is 6.07 Å². The summed E-state index contributed by atoms with van der Waals surface area (Å²) >= 11 is 0. The van der Waals surface area contributed by atoms with E-state index in [1.165, 1.54) is 0 Å².